The first kappa shape index (κ1) is 11.6. The van der Waals surface area contributed by atoms with Gasteiger partial charge in [0.25, 0.3) is 0 Å². The van der Waals surface area contributed by atoms with Crippen molar-refractivity contribution < 1.29 is 4.79 Å². The second-order valence-electron chi connectivity index (χ2n) is 5.07. The van der Waals surface area contributed by atoms with Gasteiger partial charge in [0, 0.05) is 25.7 Å². The first-order chi connectivity index (χ1) is 8.72. The Bertz CT molecular complexity index is 440. The monoisotopic (exact) mass is 250 g/mol. The third kappa shape index (κ3) is 2.51. The van der Waals surface area contributed by atoms with Crippen molar-refractivity contribution in [2.45, 2.75) is 38.0 Å². The summed E-state index contributed by atoms with van der Waals surface area (Å²) in [4.78, 5) is 13.6. The summed E-state index contributed by atoms with van der Waals surface area (Å²) < 4.78 is 2.05. The fourth-order valence-corrected chi connectivity index (χ4v) is 2.29. The molecule has 1 aromatic rings. The smallest absolute Gasteiger partial charge is 0.235 e. The van der Waals surface area contributed by atoms with Crippen LogP contribution in [-0.4, -0.2) is 50.7 Å². The Kier molecular flexibility index (Phi) is 3.00. The highest BCUT2D eigenvalue weighted by molar-refractivity contribution is 5.80. The number of aromatic nitrogens is 3. The maximum atomic E-state index is 11.4. The Hall–Kier alpha value is -1.47. The molecular weight excluding hydrogens is 232 g/mol. The summed E-state index contributed by atoms with van der Waals surface area (Å²) in [5.41, 5.74) is 5.44. The third-order valence-corrected chi connectivity index (χ3v) is 3.52. The number of carbonyl (C=O) groups excluding carboxylic acids is 1. The predicted octanol–water partition coefficient (Wildman–Crippen LogP) is -1.30. The predicted molar refractivity (Wildman–Crippen MR) is 64.4 cm³/mol. The van der Waals surface area contributed by atoms with Crippen molar-refractivity contribution >= 4 is 5.91 Å². The van der Waals surface area contributed by atoms with E-state index < -0.39 is 0 Å². The van der Waals surface area contributed by atoms with E-state index in [0.717, 1.165) is 38.3 Å². The highest BCUT2D eigenvalue weighted by Gasteiger charge is 2.29. The van der Waals surface area contributed by atoms with Crippen LogP contribution < -0.4 is 11.1 Å². The van der Waals surface area contributed by atoms with Gasteiger partial charge in [-0.2, -0.15) is 0 Å². The Morgan fingerprint density at radius 3 is 3.11 bits per heavy atom. The Balaban J connectivity index is 1.59. The molecule has 1 aromatic heterocycles. The molecule has 1 fully saturated rings. The van der Waals surface area contributed by atoms with Gasteiger partial charge in [-0.25, -0.2) is 0 Å². The molecule has 3 N–H and O–H groups in total. The van der Waals surface area contributed by atoms with Crippen LogP contribution in [0.2, 0.25) is 0 Å². The minimum absolute atomic E-state index is 0.257. The van der Waals surface area contributed by atoms with E-state index in [2.05, 4.69) is 20.4 Å². The average Bonchev–Trinajstić information content (AvgIpc) is 3.04. The topological polar surface area (TPSA) is 89.1 Å². The number of rotatable bonds is 5. The second-order valence-corrected chi connectivity index (χ2v) is 5.07. The largest absolute Gasteiger partial charge is 0.368 e. The Labute approximate surface area is 105 Å². The molecule has 7 heteroatoms. The molecule has 0 radical (unpaired) electrons. The molecule has 18 heavy (non-hydrogen) atoms. The van der Waals surface area contributed by atoms with E-state index in [1.807, 2.05) is 4.57 Å². The van der Waals surface area contributed by atoms with Gasteiger partial charge < -0.3 is 15.6 Å². The molecule has 0 spiro atoms. The molecule has 0 bridgehead atoms. The summed E-state index contributed by atoms with van der Waals surface area (Å²) in [5.74, 6) is 0.685. The molecule has 1 aliphatic carbocycles. The lowest BCUT2D eigenvalue weighted by atomic mass is 10.2. The van der Waals surface area contributed by atoms with Crippen LogP contribution in [0.5, 0.6) is 0 Å². The molecule has 98 valence electrons. The highest BCUT2D eigenvalue weighted by atomic mass is 16.1. The summed E-state index contributed by atoms with van der Waals surface area (Å²) in [5, 5.41) is 11.3. The number of hydrogen-bond donors (Lipinski definition) is 2. The quantitative estimate of drug-likeness (QED) is 0.678. The lowest BCUT2D eigenvalue weighted by molar-refractivity contribution is -0.120. The Morgan fingerprint density at radius 1 is 1.56 bits per heavy atom. The van der Waals surface area contributed by atoms with Crippen LogP contribution in [0.15, 0.2) is 6.33 Å². The normalized spacial score (nSPS) is 21.6. The molecule has 1 atom stereocenters. The highest BCUT2D eigenvalue weighted by Crippen LogP contribution is 2.20. The number of fused-ring (bicyclic) bond motifs is 1. The van der Waals surface area contributed by atoms with Gasteiger partial charge in [0.15, 0.2) is 0 Å². The summed E-state index contributed by atoms with van der Waals surface area (Å²) in [6.07, 6.45) is 4.05. The van der Waals surface area contributed by atoms with Crippen molar-refractivity contribution in [2.75, 3.05) is 13.1 Å². The zero-order valence-electron chi connectivity index (χ0n) is 10.2. The molecule has 3 rings (SSSR count). The van der Waals surface area contributed by atoms with Crippen molar-refractivity contribution in [3.05, 3.63) is 12.2 Å². The van der Waals surface area contributed by atoms with Gasteiger partial charge in [-0.05, 0) is 12.8 Å². The molecule has 1 aliphatic heterocycles. The van der Waals surface area contributed by atoms with Crippen molar-refractivity contribution in [1.82, 2.24) is 25.0 Å². The standard InChI is InChI=1S/C11H18N6O/c12-11(18)9(14-8-1-2-8)5-16-3-4-17-7-13-15-10(17)6-16/h7-9,14H,1-6H2,(H2,12,18). The van der Waals surface area contributed by atoms with E-state index >= 15 is 0 Å². The lowest BCUT2D eigenvalue weighted by Crippen LogP contribution is -2.51. The van der Waals surface area contributed by atoms with Crippen molar-refractivity contribution in [3.8, 4) is 0 Å². The molecule has 7 nitrogen and oxygen atoms in total. The van der Waals surface area contributed by atoms with Crippen molar-refractivity contribution in [2.24, 2.45) is 5.73 Å². The van der Waals surface area contributed by atoms with Gasteiger partial charge in [-0.3, -0.25) is 9.69 Å². The molecule has 2 heterocycles. The number of primary amides is 1. The summed E-state index contributed by atoms with van der Waals surface area (Å²) >= 11 is 0. The fourth-order valence-electron chi connectivity index (χ4n) is 2.29. The summed E-state index contributed by atoms with van der Waals surface area (Å²) in [7, 11) is 0. The fraction of sp³-hybridized carbons (Fsp3) is 0.727. The van der Waals surface area contributed by atoms with Crippen LogP contribution >= 0.6 is 0 Å². The van der Waals surface area contributed by atoms with Crippen molar-refractivity contribution in [1.29, 1.82) is 0 Å². The van der Waals surface area contributed by atoms with Crippen LogP contribution in [0.1, 0.15) is 18.7 Å². The number of nitrogens with one attached hydrogen (secondary N) is 1. The zero-order valence-corrected chi connectivity index (χ0v) is 10.2. The van der Waals surface area contributed by atoms with Gasteiger partial charge in [0.05, 0.1) is 12.6 Å². The van der Waals surface area contributed by atoms with Gasteiger partial charge in [-0.1, -0.05) is 0 Å². The first-order valence-corrected chi connectivity index (χ1v) is 6.37. The first-order valence-electron chi connectivity index (χ1n) is 6.37. The molecule has 0 saturated heterocycles. The molecule has 1 saturated carbocycles. The number of carbonyl (C=O) groups is 1. The van der Waals surface area contributed by atoms with Crippen LogP contribution in [0, 0.1) is 0 Å². The Morgan fingerprint density at radius 2 is 2.39 bits per heavy atom. The van der Waals surface area contributed by atoms with Gasteiger partial charge >= 0.3 is 0 Å². The van der Waals surface area contributed by atoms with Gasteiger partial charge in [0.2, 0.25) is 5.91 Å². The molecule has 1 unspecified atom stereocenters. The lowest BCUT2D eigenvalue weighted by Gasteiger charge is -2.29. The van der Waals surface area contributed by atoms with Gasteiger partial charge in [0.1, 0.15) is 12.2 Å². The summed E-state index contributed by atoms with van der Waals surface area (Å²) in [6, 6.07) is 0.225. The third-order valence-electron chi connectivity index (χ3n) is 3.52. The molecule has 0 aromatic carbocycles. The number of hydrogen-bond acceptors (Lipinski definition) is 5. The van der Waals surface area contributed by atoms with Crippen molar-refractivity contribution in [3.63, 3.8) is 0 Å². The molecule has 2 aliphatic rings. The van der Waals surface area contributed by atoms with Crippen LogP contribution in [0.4, 0.5) is 0 Å². The van der Waals surface area contributed by atoms with E-state index in [1.165, 1.54) is 0 Å². The van der Waals surface area contributed by atoms with E-state index in [0.29, 0.717) is 12.6 Å². The van der Waals surface area contributed by atoms with Crippen LogP contribution in [0.25, 0.3) is 0 Å². The van der Waals surface area contributed by atoms with E-state index in [9.17, 15) is 4.79 Å². The van der Waals surface area contributed by atoms with E-state index in [4.69, 9.17) is 5.73 Å². The zero-order chi connectivity index (χ0) is 12.5. The average molecular weight is 250 g/mol. The van der Waals surface area contributed by atoms with E-state index in [-0.39, 0.29) is 11.9 Å². The van der Waals surface area contributed by atoms with Crippen LogP contribution in [0.3, 0.4) is 0 Å². The minimum atomic E-state index is -0.269. The number of nitrogens with two attached hydrogens (primary N) is 1. The van der Waals surface area contributed by atoms with Crippen LogP contribution in [-0.2, 0) is 17.9 Å². The maximum Gasteiger partial charge on any atom is 0.235 e. The SMILES string of the molecule is NC(=O)C(CN1CCn2cnnc2C1)NC1CC1. The molecular formula is C11H18N6O. The van der Waals surface area contributed by atoms with E-state index in [1.54, 1.807) is 6.33 Å². The maximum absolute atomic E-state index is 11.4. The minimum Gasteiger partial charge on any atom is -0.368 e. The molecule has 1 amide bonds. The number of nitrogens with zero attached hydrogens (tertiary/aromatic N) is 4. The van der Waals surface area contributed by atoms with Gasteiger partial charge in [-0.15, -0.1) is 10.2 Å². The second kappa shape index (κ2) is 4.66. The number of amides is 1. The summed E-state index contributed by atoms with van der Waals surface area (Å²) in [6.45, 7) is 3.16.